The maximum absolute atomic E-state index is 12.3. The summed E-state index contributed by atoms with van der Waals surface area (Å²) in [6.07, 6.45) is -0.370. The Hall–Kier alpha value is -1.59. The number of nitrogens with zero attached hydrogens (tertiary/aromatic N) is 2. The zero-order chi connectivity index (χ0) is 14.3. The number of aromatic nitrogens is 1. The van der Waals surface area contributed by atoms with E-state index in [2.05, 4.69) is 15.9 Å². The smallest absolute Gasteiger partial charge is 0.270 e. The Labute approximate surface area is 125 Å². The first-order valence-corrected chi connectivity index (χ1v) is 7.24. The lowest BCUT2D eigenvalue weighted by atomic mass is 10.1. The fourth-order valence-corrected chi connectivity index (χ4v) is 2.68. The molecule has 0 atom stereocenters. The largest absolute Gasteiger partial charge is 0.389 e. The van der Waals surface area contributed by atoms with Gasteiger partial charge in [0.05, 0.1) is 6.10 Å². The second kappa shape index (κ2) is 5.07. The highest BCUT2D eigenvalue weighted by Gasteiger charge is 2.30. The highest BCUT2D eigenvalue weighted by atomic mass is 79.9. The lowest BCUT2D eigenvalue weighted by Gasteiger charge is -2.35. The van der Waals surface area contributed by atoms with E-state index in [4.69, 9.17) is 0 Å². The van der Waals surface area contributed by atoms with E-state index in [0.29, 0.717) is 18.8 Å². The predicted octanol–water partition coefficient (Wildman–Crippen LogP) is 2.27. The molecule has 0 saturated carbocycles. The molecule has 3 rings (SSSR count). The topological polar surface area (TPSA) is 45.5 Å². The van der Waals surface area contributed by atoms with E-state index in [1.54, 1.807) is 4.90 Å². The summed E-state index contributed by atoms with van der Waals surface area (Å²) < 4.78 is 2.93. The minimum Gasteiger partial charge on any atom is -0.389 e. The fraction of sp³-hybridized carbons (Fsp3) is 0.267. The van der Waals surface area contributed by atoms with Gasteiger partial charge in [-0.3, -0.25) is 4.79 Å². The summed E-state index contributed by atoms with van der Waals surface area (Å²) in [4.78, 5) is 13.9. The molecule has 1 fully saturated rings. The van der Waals surface area contributed by atoms with E-state index in [1.807, 2.05) is 48.0 Å². The van der Waals surface area contributed by atoms with E-state index in [0.717, 1.165) is 15.7 Å². The lowest BCUT2D eigenvalue weighted by Crippen LogP contribution is -2.53. The Morgan fingerprint density at radius 3 is 2.45 bits per heavy atom. The Morgan fingerprint density at radius 1 is 1.20 bits per heavy atom. The SMILES string of the molecule is Cn1c(C(=O)N2CC(O)C2)ccc1-c1ccc(Br)cc1. The summed E-state index contributed by atoms with van der Waals surface area (Å²) in [6, 6.07) is 11.8. The second-order valence-corrected chi connectivity index (χ2v) is 5.95. The Morgan fingerprint density at radius 2 is 1.85 bits per heavy atom. The molecule has 104 valence electrons. The lowest BCUT2D eigenvalue weighted by molar-refractivity contribution is 0.00528. The molecule has 2 heterocycles. The third kappa shape index (κ3) is 2.27. The van der Waals surface area contributed by atoms with Gasteiger partial charge in [-0.25, -0.2) is 0 Å². The number of likely N-dealkylation sites (tertiary alicyclic amines) is 1. The van der Waals surface area contributed by atoms with Gasteiger partial charge in [0.15, 0.2) is 0 Å². The maximum atomic E-state index is 12.3. The van der Waals surface area contributed by atoms with E-state index >= 15 is 0 Å². The normalized spacial score (nSPS) is 15.2. The number of amides is 1. The molecule has 0 radical (unpaired) electrons. The molecular weight excluding hydrogens is 320 g/mol. The quantitative estimate of drug-likeness (QED) is 0.915. The molecule has 1 aliphatic heterocycles. The van der Waals surface area contributed by atoms with Crippen LogP contribution in [-0.4, -0.2) is 39.7 Å². The van der Waals surface area contributed by atoms with Crippen molar-refractivity contribution in [2.24, 2.45) is 7.05 Å². The maximum Gasteiger partial charge on any atom is 0.270 e. The first-order chi connectivity index (χ1) is 9.56. The summed E-state index contributed by atoms with van der Waals surface area (Å²) in [6.45, 7) is 0.856. The van der Waals surface area contributed by atoms with Crippen LogP contribution < -0.4 is 0 Å². The van der Waals surface area contributed by atoms with Gasteiger partial charge in [0, 0.05) is 30.3 Å². The van der Waals surface area contributed by atoms with E-state index in [9.17, 15) is 9.90 Å². The van der Waals surface area contributed by atoms with Crippen LogP contribution >= 0.6 is 15.9 Å². The van der Waals surface area contributed by atoms with Crippen molar-refractivity contribution < 1.29 is 9.90 Å². The van der Waals surface area contributed by atoms with Gasteiger partial charge in [-0.15, -0.1) is 0 Å². The van der Waals surface area contributed by atoms with Crippen molar-refractivity contribution >= 4 is 21.8 Å². The monoisotopic (exact) mass is 334 g/mol. The van der Waals surface area contributed by atoms with Crippen molar-refractivity contribution in [1.82, 2.24) is 9.47 Å². The van der Waals surface area contributed by atoms with Crippen LogP contribution in [0.3, 0.4) is 0 Å². The predicted molar refractivity (Wildman–Crippen MR) is 80.5 cm³/mol. The standard InChI is InChI=1S/C15H15BrN2O2/c1-17-13(10-2-4-11(16)5-3-10)6-7-14(17)15(20)18-8-12(19)9-18/h2-7,12,19H,8-9H2,1H3. The molecule has 5 heteroatoms. The molecule has 0 aliphatic carbocycles. The second-order valence-electron chi connectivity index (χ2n) is 5.03. The van der Waals surface area contributed by atoms with Crippen LogP contribution in [0, 0.1) is 0 Å². The van der Waals surface area contributed by atoms with Gasteiger partial charge in [-0.1, -0.05) is 28.1 Å². The zero-order valence-corrected chi connectivity index (χ0v) is 12.7. The van der Waals surface area contributed by atoms with E-state index in [1.165, 1.54) is 0 Å². The molecule has 2 aromatic rings. The van der Waals surface area contributed by atoms with Crippen LogP contribution in [0.2, 0.25) is 0 Å². The minimum absolute atomic E-state index is 0.0267. The highest BCUT2D eigenvalue weighted by Crippen LogP contribution is 2.25. The van der Waals surface area contributed by atoms with Crippen molar-refractivity contribution in [3.05, 3.63) is 46.6 Å². The van der Waals surface area contributed by atoms with E-state index < -0.39 is 0 Å². The number of carbonyl (C=O) groups excluding carboxylic acids is 1. The first-order valence-electron chi connectivity index (χ1n) is 6.45. The number of aliphatic hydroxyl groups is 1. The molecule has 1 aliphatic rings. The van der Waals surface area contributed by atoms with Crippen molar-refractivity contribution in [3.8, 4) is 11.3 Å². The number of aliphatic hydroxyl groups excluding tert-OH is 1. The van der Waals surface area contributed by atoms with Crippen LogP contribution in [0.4, 0.5) is 0 Å². The Bertz CT molecular complexity index is 642. The number of rotatable bonds is 2. The van der Waals surface area contributed by atoms with Gasteiger partial charge < -0.3 is 14.6 Å². The van der Waals surface area contributed by atoms with Gasteiger partial charge >= 0.3 is 0 Å². The van der Waals surface area contributed by atoms with Crippen LogP contribution in [0.15, 0.2) is 40.9 Å². The van der Waals surface area contributed by atoms with Crippen molar-refractivity contribution in [3.63, 3.8) is 0 Å². The van der Waals surface area contributed by atoms with Gasteiger partial charge in [0.25, 0.3) is 5.91 Å². The third-order valence-corrected chi connectivity index (χ3v) is 4.16. The number of halogens is 1. The number of benzene rings is 1. The molecule has 1 N–H and O–H groups in total. The molecule has 1 aromatic heterocycles. The molecule has 20 heavy (non-hydrogen) atoms. The molecule has 0 spiro atoms. The molecule has 1 amide bonds. The molecule has 1 saturated heterocycles. The zero-order valence-electron chi connectivity index (χ0n) is 11.1. The average Bonchev–Trinajstić information content (AvgIpc) is 2.77. The molecule has 1 aromatic carbocycles. The fourth-order valence-electron chi connectivity index (χ4n) is 2.42. The van der Waals surface area contributed by atoms with Crippen molar-refractivity contribution in [1.29, 1.82) is 0 Å². The van der Waals surface area contributed by atoms with Gasteiger partial charge in [0.1, 0.15) is 5.69 Å². The highest BCUT2D eigenvalue weighted by molar-refractivity contribution is 9.10. The van der Waals surface area contributed by atoms with Gasteiger partial charge in [-0.2, -0.15) is 0 Å². The van der Waals surface area contributed by atoms with Crippen LogP contribution in [-0.2, 0) is 7.05 Å². The first kappa shape index (κ1) is 13.4. The minimum atomic E-state index is -0.370. The summed E-state index contributed by atoms with van der Waals surface area (Å²) in [5.41, 5.74) is 2.72. The summed E-state index contributed by atoms with van der Waals surface area (Å²) in [5, 5.41) is 9.29. The van der Waals surface area contributed by atoms with Crippen LogP contribution in [0.1, 0.15) is 10.5 Å². The number of hydrogen-bond acceptors (Lipinski definition) is 2. The Kier molecular flexibility index (Phi) is 3.40. The third-order valence-electron chi connectivity index (χ3n) is 3.63. The number of hydrogen-bond donors (Lipinski definition) is 1. The summed E-state index contributed by atoms with van der Waals surface area (Å²) in [5.74, 6) is -0.0267. The van der Waals surface area contributed by atoms with Crippen LogP contribution in [0.25, 0.3) is 11.3 Å². The number of carbonyl (C=O) groups is 1. The Balaban J connectivity index is 1.88. The van der Waals surface area contributed by atoms with Crippen molar-refractivity contribution in [2.45, 2.75) is 6.10 Å². The number of β-amino-alcohol motifs (C(OH)–C–C–N with tert-alkyl or cyclic N) is 1. The molecule has 4 nitrogen and oxygen atoms in total. The molecule has 0 unspecified atom stereocenters. The molecular formula is C15H15BrN2O2. The van der Waals surface area contributed by atoms with Gasteiger partial charge in [-0.05, 0) is 29.8 Å². The summed E-state index contributed by atoms with van der Waals surface area (Å²) >= 11 is 3.42. The van der Waals surface area contributed by atoms with Crippen molar-refractivity contribution in [2.75, 3.05) is 13.1 Å². The van der Waals surface area contributed by atoms with Gasteiger partial charge in [0.2, 0.25) is 0 Å². The molecule has 0 bridgehead atoms. The average molecular weight is 335 g/mol. The van der Waals surface area contributed by atoms with E-state index in [-0.39, 0.29) is 12.0 Å². The summed E-state index contributed by atoms with van der Waals surface area (Å²) in [7, 11) is 1.89. The van der Waals surface area contributed by atoms with Crippen LogP contribution in [0.5, 0.6) is 0 Å².